The van der Waals surface area contributed by atoms with E-state index in [-0.39, 0.29) is 0 Å². The zero-order valence-electron chi connectivity index (χ0n) is 17.6. The van der Waals surface area contributed by atoms with Crippen LogP contribution in [0.4, 0.5) is 0 Å². The van der Waals surface area contributed by atoms with Gasteiger partial charge in [-0.3, -0.25) is 4.99 Å². The number of hydrogen-bond donors (Lipinski definition) is 2. The molecule has 0 saturated heterocycles. The standard InChI is InChI=1S/C21H32N6OS/c1-4-22-21(23-11-12-29-15-17-7-5-16(2)6-8-17)24-18-9-10-20-25-19(14-28-3)26-27(20)13-18/h5-8,18H,4,9-15H2,1-3H3,(H2,22,23,24). The fourth-order valence-electron chi connectivity index (χ4n) is 3.28. The Morgan fingerprint density at radius 2 is 2.17 bits per heavy atom. The Hall–Kier alpha value is -2.06. The molecule has 158 valence electrons. The molecular weight excluding hydrogens is 384 g/mol. The number of benzene rings is 1. The predicted molar refractivity (Wildman–Crippen MR) is 119 cm³/mol. The van der Waals surface area contributed by atoms with Gasteiger partial charge in [-0.1, -0.05) is 29.8 Å². The molecule has 1 unspecified atom stereocenters. The Balaban J connectivity index is 1.45. The van der Waals surface area contributed by atoms with Gasteiger partial charge in [-0.2, -0.15) is 16.9 Å². The summed E-state index contributed by atoms with van der Waals surface area (Å²) >= 11 is 1.92. The number of nitrogens with one attached hydrogen (secondary N) is 2. The molecule has 1 atom stereocenters. The van der Waals surface area contributed by atoms with Crippen LogP contribution in [0.5, 0.6) is 0 Å². The first-order valence-corrected chi connectivity index (χ1v) is 11.4. The van der Waals surface area contributed by atoms with Gasteiger partial charge in [0.2, 0.25) is 0 Å². The van der Waals surface area contributed by atoms with Gasteiger partial charge in [0.25, 0.3) is 0 Å². The van der Waals surface area contributed by atoms with Crippen LogP contribution in [-0.2, 0) is 30.1 Å². The van der Waals surface area contributed by atoms with E-state index in [1.54, 1.807) is 7.11 Å². The van der Waals surface area contributed by atoms with Crippen LogP contribution in [0.2, 0.25) is 0 Å². The van der Waals surface area contributed by atoms with E-state index in [0.29, 0.717) is 12.6 Å². The van der Waals surface area contributed by atoms with E-state index in [9.17, 15) is 0 Å². The number of aliphatic imine (C=N–C) groups is 1. The number of methoxy groups -OCH3 is 1. The third-order valence-corrected chi connectivity index (χ3v) is 5.76. The molecule has 29 heavy (non-hydrogen) atoms. The van der Waals surface area contributed by atoms with Crippen molar-refractivity contribution in [1.29, 1.82) is 0 Å². The Morgan fingerprint density at radius 1 is 1.34 bits per heavy atom. The van der Waals surface area contributed by atoms with Crippen molar-refractivity contribution in [2.75, 3.05) is 26.0 Å². The minimum Gasteiger partial charge on any atom is -0.377 e. The summed E-state index contributed by atoms with van der Waals surface area (Å²) in [6.07, 6.45) is 1.94. The molecule has 3 rings (SSSR count). The second-order valence-electron chi connectivity index (χ2n) is 7.24. The van der Waals surface area contributed by atoms with Crippen molar-refractivity contribution in [2.45, 2.75) is 51.6 Å². The summed E-state index contributed by atoms with van der Waals surface area (Å²) in [5, 5.41) is 11.5. The first-order chi connectivity index (χ1) is 14.2. The van der Waals surface area contributed by atoms with E-state index < -0.39 is 0 Å². The number of aromatic nitrogens is 3. The Labute approximate surface area is 177 Å². The van der Waals surface area contributed by atoms with Crippen molar-refractivity contribution in [2.24, 2.45) is 4.99 Å². The second-order valence-corrected chi connectivity index (χ2v) is 8.34. The predicted octanol–water partition coefficient (Wildman–Crippen LogP) is 2.54. The number of ether oxygens (including phenoxy) is 1. The highest BCUT2D eigenvalue weighted by atomic mass is 32.2. The van der Waals surface area contributed by atoms with Crippen LogP contribution < -0.4 is 10.6 Å². The van der Waals surface area contributed by atoms with Gasteiger partial charge in [0, 0.05) is 37.6 Å². The molecule has 0 saturated carbocycles. The van der Waals surface area contributed by atoms with Gasteiger partial charge in [-0.05, 0) is 25.8 Å². The van der Waals surface area contributed by atoms with Crippen LogP contribution in [0.1, 0.15) is 36.1 Å². The van der Waals surface area contributed by atoms with Crippen LogP contribution in [0.15, 0.2) is 29.3 Å². The minimum atomic E-state index is 0.303. The Bertz CT molecular complexity index is 789. The molecule has 2 heterocycles. The molecule has 1 aromatic heterocycles. The van der Waals surface area contributed by atoms with Crippen LogP contribution in [0.3, 0.4) is 0 Å². The normalized spacial score (nSPS) is 16.5. The molecule has 2 N–H and O–H groups in total. The van der Waals surface area contributed by atoms with E-state index in [1.807, 2.05) is 16.4 Å². The summed E-state index contributed by atoms with van der Waals surface area (Å²) in [5.41, 5.74) is 2.67. The highest BCUT2D eigenvalue weighted by Crippen LogP contribution is 2.14. The summed E-state index contributed by atoms with van der Waals surface area (Å²) in [6.45, 7) is 7.13. The molecule has 0 aliphatic carbocycles. The number of fused-ring (bicyclic) bond motifs is 1. The zero-order valence-corrected chi connectivity index (χ0v) is 18.5. The molecular formula is C21H32N6OS. The average molecular weight is 417 g/mol. The quantitative estimate of drug-likeness (QED) is 0.372. The first-order valence-electron chi connectivity index (χ1n) is 10.3. The van der Waals surface area contributed by atoms with Crippen LogP contribution in [0, 0.1) is 6.92 Å². The minimum absolute atomic E-state index is 0.303. The maximum atomic E-state index is 5.14. The lowest BCUT2D eigenvalue weighted by molar-refractivity contribution is 0.177. The summed E-state index contributed by atoms with van der Waals surface area (Å²) in [6, 6.07) is 9.06. The average Bonchev–Trinajstić information content (AvgIpc) is 3.11. The van der Waals surface area contributed by atoms with Gasteiger partial charge in [0.05, 0.1) is 13.1 Å². The van der Waals surface area contributed by atoms with Crippen LogP contribution >= 0.6 is 11.8 Å². The third kappa shape index (κ3) is 6.75. The smallest absolute Gasteiger partial charge is 0.191 e. The molecule has 0 fully saturated rings. The van der Waals surface area contributed by atoms with Crippen molar-refractivity contribution >= 4 is 17.7 Å². The fourth-order valence-corrected chi connectivity index (χ4v) is 4.07. The number of aryl methyl sites for hydroxylation is 2. The SMILES string of the molecule is CCNC(=NCCSCc1ccc(C)cc1)NC1CCc2nc(COC)nn2C1. The third-order valence-electron chi connectivity index (χ3n) is 4.76. The Morgan fingerprint density at radius 3 is 2.93 bits per heavy atom. The fraction of sp³-hybridized carbons (Fsp3) is 0.571. The first kappa shape index (κ1) is 21.6. The molecule has 1 aliphatic rings. The molecule has 8 heteroatoms. The van der Waals surface area contributed by atoms with Gasteiger partial charge >= 0.3 is 0 Å². The van der Waals surface area contributed by atoms with Crippen LogP contribution in [-0.4, -0.2) is 52.7 Å². The molecule has 0 amide bonds. The Kier molecular flexibility index (Phi) is 8.37. The number of thioether (sulfide) groups is 1. The summed E-state index contributed by atoms with van der Waals surface area (Å²) in [4.78, 5) is 9.29. The molecule has 0 bridgehead atoms. The van der Waals surface area contributed by atoms with Crippen molar-refractivity contribution in [3.63, 3.8) is 0 Å². The van der Waals surface area contributed by atoms with Gasteiger partial charge < -0.3 is 15.4 Å². The van der Waals surface area contributed by atoms with E-state index >= 15 is 0 Å². The van der Waals surface area contributed by atoms with Gasteiger partial charge in [0.15, 0.2) is 11.8 Å². The highest BCUT2D eigenvalue weighted by Gasteiger charge is 2.22. The molecule has 1 aromatic carbocycles. The van der Waals surface area contributed by atoms with Crippen molar-refractivity contribution in [3.8, 4) is 0 Å². The summed E-state index contributed by atoms with van der Waals surface area (Å²) in [5.74, 6) is 4.72. The molecule has 0 spiro atoms. The lowest BCUT2D eigenvalue weighted by Gasteiger charge is -2.25. The van der Waals surface area contributed by atoms with Gasteiger partial charge in [-0.15, -0.1) is 0 Å². The van der Waals surface area contributed by atoms with E-state index in [1.165, 1.54) is 11.1 Å². The van der Waals surface area contributed by atoms with E-state index in [2.05, 4.69) is 58.8 Å². The maximum absolute atomic E-state index is 5.14. The number of guanidine groups is 1. The largest absolute Gasteiger partial charge is 0.377 e. The second kappa shape index (κ2) is 11.2. The van der Waals surface area contributed by atoms with Crippen molar-refractivity contribution in [1.82, 2.24) is 25.4 Å². The monoisotopic (exact) mass is 416 g/mol. The molecule has 0 radical (unpaired) electrons. The van der Waals surface area contributed by atoms with E-state index in [4.69, 9.17) is 9.73 Å². The lowest BCUT2D eigenvalue weighted by Crippen LogP contribution is -2.47. The summed E-state index contributed by atoms with van der Waals surface area (Å²) < 4.78 is 7.14. The van der Waals surface area contributed by atoms with E-state index in [0.717, 1.165) is 61.6 Å². The maximum Gasteiger partial charge on any atom is 0.191 e. The molecule has 2 aromatic rings. The number of hydrogen-bond acceptors (Lipinski definition) is 5. The van der Waals surface area contributed by atoms with Gasteiger partial charge in [0.1, 0.15) is 12.4 Å². The molecule has 1 aliphatic heterocycles. The highest BCUT2D eigenvalue weighted by molar-refractivity contribution is 7.98. The van der Waals surface area contributed by atoms with Crippen molar-refractivity contribution in [3.05, 3.63) is 47.0 Å². The topological polar surface area (TPSA) is 76.4 Å². The van der Waals surface area contributed by atoms with Crippen molar-refractivity contribution < 1.29 is 4.74 Å². The number of nitrogens with zero attached hydrogens (tertiary/aromatic N) is 4. The van der Waals surface area contributed by atoms with Crippen LogP contribution in [0.25, 0.3) is 0 Å². The zero-order chi connectivity index (χ0) is 20.5. The summed E-state index contributed by atoms with van der Waals surface area (Å²) in [7, 11) is 1.67. The van der Waals surface area contributed by atoms with Gasteiger partial charge in [-0.25, -0.2) is 9.67 Å². The molecule has 7 nitrogen and oxygen atoms in total. The number of rotatable bonds is 9. The lowest BCUT2D eigenvalue weighted by atomic mass is 10.1.